The van der Waals surface area contributed by atoms with Crippen molar-refractivity contribution in [3.8, 4) is 11.5 Å². The molecule has 0 aliphatic rings. The third-order valence-corrected chi connectivity index (χ3v) is 1.79. The van der Waals surface area contributed by atoms with Gasteiger partial charge in [0, 0.05) is 5.69 Å². The number of benzene rings is 1. The zero-order valence-electron chi connectivity index (χ0n) is 7.49. The first-order valence-corrected chi connectivity index (χ1v) is 4.03. The topological polar surface area (TPSA) is 64.9 Å². The lowest BCUT2D eigenvalue weighted by atomic mass is 10.1. The van der Waals surface area contributed by atoms with E-state index in [2.05, 4.69) is 10.1 Å². The van der Waals surface area contributed by atoms with Crippen LogP contribution < -0.4 is 5.73 Å². The molecule has 1 aromatic heterocycles. The van der Waals surface area contributed by atoms with Gasteiger partial charge in [-0.15, -0.1) is 0 Å². The molecule has 0 atom stereocenters. The fraction of sp³-hybridized carbons (Fsp3) is 0.111. The Labute approximate surface area is 79.5 Å². The van der Waals surface area contributed by atoms with Gasteiger partial charge in [-0.25, -0.2) is 4.39 Å². The molecule has 14 heavy (non-hydrogen) atoms. The summed E-state index contributed by atoms with van der Waals surface area (Å²) in [4.78, 5) is 3.90. The largest absolute Gasteiger partial charge is 0.398 e. The Kier molecular flexibility index (Phi) is 1.92. The fourth-order valence-corrected chi connectivity index (χ4v) is 1.17. The second-order valence-corrected chi connectivity index (χ2v) is 2.85. The van der Waals surface area contributed by atoms with Crippen molar-refractivity contribution in [3.05, 3.63) is 29.8 Å². The minimum absolute atomic E-state index is 0.109. The number of aryl methyl sites for hydroxylation is 1. The van der Waals surface area contributed by atoms with E-state index in [0.29, 0.717) is 5.82 Å². The van der Waals surface area contributed by atoms with Gasteiger partial charge in [0.25, 0.3) is 5.89 Å². The van der Waals surface area contributed by atoms with Crippen LogP contribution in [0.3, 0.4) is 0 Å². The van der Waals surface area contributed by atoms with Crippen molar-refractivity contribution in [1.82, 2.24) is 10.1 Å². The van der Waals surface area contributed by atoms with Gasteiger partial charge in [0.1, 0.15) is 5.82 Å². The molecule has 1 heterocycles. The van der Waals surface area contributed by atoms with Crippen LogP contribution in [-0.4, -0.2) is 10.1 Å². The Morgan fingerprint density at radius 3 is 2.79 bits per heavy atom. The van der Waals surface area contributed by atoms with Gasteiger partial charge in [0.05, 0.1) is 5.56 Å². The fourth-order valence-electron chi connectivity index (χ4n) is 1.17. The van der Waals surface area contributed by atoms with Crippen LogP contribution in [0.2, 0.25) is 0 Å². The molecule has 2 rings (SSSR count). The van der Waals surface area contributed by atoms with Gasteiger partial charge in [0.2, 0.25) is 0 Å². The molecular formula is C9H8FN3O. The van der Waals surface area contributed by atoms with Crippen LogP contribution in [0.1, 0.15) is 5.82 Å². The minimum Gasteiger partial charge on any atom is -0.398 e. The van der Waals surface area contributed by atoms with Gasteiger partial charge >= 0.3 is 0 Å². The smallest absolute Gasteiger partial charge is 0.262 e. The van der Waals surface area contributed by atoms with Crippen molar-refractivity contribution >= 4 is 5.69 Å². The first kappa shape index (κ1) is 8.68. The van der Waals surface area contributed by atoms with Gasteiger partial charge in [-0.05, 0) is 19.1 Å². The quantitative estimate of drug-likeness (QED) is 0.701. The predicted octanol–water partition coefficient (Wildman–Crippen LogP) is 1.77. The summed E-state index contributed by atoms with van der Waals surface area (Å²) in [6.45, 7) is 1.66. The maximum absolute atomic E-state index is 13.3. The van der Waals surface area contributed by atoms with Crippen molar-refractivity contribution in [2.24, 2.45) is 0 Å². The highest BCUT2D eigenvalue weighted by molar-refractivity contribution is 5.70. The van der Waals surface area contributed by atoms with Gasteiger partial charge < -0.3 is 10.3 Å². The van der Waals surface area contributed by atoms with E-state index in [1.54, 1.807) is 13.0 Å². The molecule has 4 nitrogen and oxygen atoms in total. The molecular weight excluding hydrogens is 185 g/mol. The molecule has 0 saturated carbocycles. The van der Waals surface area contributed by atoms with Gasteiger partial charge in [0.15, 0.2) is 5.82 Å². The molecule has 1 aromatic carbocycles. The molecule has 0 aliphatic heterocycles. The Morgan fingerprint density at radius 1 is 1.43 bits per heavy atom. The molecule has 0 saturated heterocycles. The van der Waals surface area contributed by atoms with E-state index in [0.717, 1.165) is 0 Å². The van der Waals surface area contributed by atoms with Crippen molar-refractivity contribution < 1.29 is 8.91 Å². The third-order valence-electron chi connectivity index (χ3n) is 1.79. The highest BCUT2D eigenvalue weighted by Crippen LogP contribution is 2.26. The minimum atomic E-state index is -0.464. The lowest BCUT2D eigenvalue weighted by molar-refractivity contribution is 0.423. The summed E-state index contributed by atoms with van der Waals surface area (Å²) in [5, 5.41) is 3.57. The number of rotatable bonds is 1. The molecule has 2 N–H and O–H groups in total. The van der Waals surface area contributed by atoms with E-state index in [1.165, 1.54) is 12.1 Å². The van der Waals surface area contributed by atoms with Gasteiger partial charge in [-0.3, -0.25) is 0 Å². The standard InChI is InChI=1S/C9H8FN3O/c1-5-12-9(14-13-5)8-6(10)3-2-4-7(8)11/h2-4H,11H2,1H3. The molecule has 0 unspecified atom stereocenters. The second kappa shape index (κ2) is 3.10. The number of nitrogens with zero attached hydrogens (tertiary/aromatic N) is 2. The van der Waals surface area contributed by atoms with E-state index in [9.17, 15) is 4.39 Å². The number of anilines is 1. The molecule has 0 aliphatic carbocycles. The molecule has 0 radical (unpaired) electrons. The third kappa shape index (κ3) is 1.32. The molecule has 2 aromatic rings. The van der Waals surface area contributed by atoms with Crippen LogP contribution in [-0.2, 0) is 0 Å². The van der Waals surface area contributed by atoms with Crippen LogP contribution in [0.4, 0.5) is 10.1 Å². The summed E-state index contributed by atoms with van der Waals surface area (Å²) < 4.78 is 18.2. The van der Waals surface area contributed by atoms with E-state index in [-0.39, 0.29) is 17.1 Å². The Balaban J connectivity index is 2.61. The van der Waals surface area contributed by atoms with E-state index >= 15 is 0 Å². The Morgan fingerprint density at radius 2 is 2.21 bits per heavy atom. The number of hydrogen-bond acceptors (Lipinski definition) is 4. The lowest BCUT2D eigenvalue weighted by Crippen LogP contribution is -1.93. The number of nitrogen functional groups attached to an aromatic ring is 1. The molecule has 72 valence electrons. The molecule has 5 heteroatoms. The first-order chi connectivity index (χ1) is 6.68. The van der Waals surface area contributed by atoms with Crippen LogP contribution in [0.5, 0.6) is 0 Å². The van der Waals surface area contributed by atoms with E-state index in [4.69, 9.17) is 10.3 Å². The number of nitrogens with two attached hydrogens (primary N) is 1. The maximum atomic E-state index is 13.3. The van der Waals surface area contributed by atoms with E-state index < -0.39 is 5.82 Å². The molecule has 0 fully saturated rings. The normalized spacial score (nSPS) is 10.4. The van der Waals surface area contributed by atoms with Gasteiger partial charge in [-0.2, -0.15) is 4.98 Å². The zero-order valence-corrected chi connectivity index (χ0v) is 7.49. The number of aromatic nitrogens is 2. The van der Waals surface area contributed by atoms with Crippen molar-refractivity contribution in [1.29, 1.82) is 0 Å². The number of halogens is 1. The monoisotopic (exact) mass is 193 g/mol. The van der Waals surface area contributed by atoms with Crippen molar-refractivity contribution in [2.45, 2.75) is 6.92 Å². The highest BCUT2D eigenvalue weighted by Gasteiger charge is 2.14. The summed E-state index contributed by atoms with van der Waals surface area (Å²) in [6.07, 6.45) is 0. The summed E-state index contributed by atoms with van der Waals surface area (Å²) in [5.41, 5.74) is 6.04. The summed E-state index contributed by atoms with van der Waals surface area (Å²) >= 11 is 0. The summed E-state index contributed by atoms with van der Waals surface area (Å²) in [6, 6.07) is 4.40. The molecule has 0 spiro atoms. The molecule has 0 bridgehead atoms. The lowest BCUT2D eigenvalue weighted by Gasteiger charge is -2.00. The zero-order chi connectivity index (χ0) is 10.1. The van der Waals surface area contributed by atoms with Gasteiger partial charge in [-0.1, -0.05) is 11.2 Å². The number of hydrogen-bond donors (Lipinski definition) is 1. The average Bonchev–Trinajstić information content (AvgIpc) is 2.51. The van der Waals surface area contributed by atoms with Crippen molar-refractivity contribution in [3.63, 3.8) is 0 Å². The Hall–Kier alpha value is -1.91. The summed E-state index contributed by atoms with van der Waals surface area (Å²) in [7, 11) is 0. The highest BCUT2D eigenvalue weighted by atomic mass is 19.1. The van der Waals surface area contributed by atoms with Crippen LogP contribution >= 0.6 is 0 Å². The average molecular weight is 193 g/mol. The predicted molar refractivity (Wildman–Crippen MR) is 48.8 cm³/mol. The SMILES string of the molecule is Cc1noc(-c2c(N)cccc2F)n1. The van der Waals surface area contributed by atoms with Crippen LogP contribution in [0.15, 0.2) is 22.7 Å². The van der Waals surface area contributed by atoms with Crippen LogP contribution in [0, 0.1) is 12.7 Å². The molecule has 0 amide bonds. The van der Waals surface area contributed by atoms with Crippen LogP contribution in [0.25, 0.3) is 11.5 Å². The first-order valence-electron chi connectivity index (χ1n) is 4.03. The summed E-state index contributed by atoms with van der Waals surface area (Å²) in [5.74, 6) is 0.0920. The second-order valence-electron chi connectivity index (χ2n) is 2.85. The maximum Gasteiger partial charge on any atom is 0.262 e. The van der Waals surface area contributed by atoms with E-state index in [1.807, 2.05) is 0 Å². The van der Waals surface area contributed by atoms with Crippen molar-refractivity contribution in [2.75, 3.05) is 5.73 Å². The Bertz CT molecular complexity index is 447.